The second kappa shape index (κ2) is 6.23. The summed E-state index contributed by atoms with van der Waals surface area (Å²) in [6, 6.07) is 7.28. The van der Waals surface area contributed by atoms with E-state index in [2.05, 4.69) is 16.3 Å². The molecule has 2 unspecified atom stereocenters. The van der Waals surface area contributed by atoms with Crippen LogP contribution in [-0.2, 0) is 0 Å². The molecule has 0 bridgehead atoms. The number of rotatable bonds is 4. The molecule has 0 aromatic heterocycles. The van der Waals surface area contributed by atoms with E-state index in [-0.39, 0.29) is 0 Å². The van der Waals surface area contributed by atoms with Gasteiger partial charge < -0.3 is 10.1 Å². The number of nitrogens with one attached hydrogen (secondary N) is 1. The molecule has 3 rings (SSSR count). The van der Waals surface area contributed by atoms with Gasteiger partial charge in [0, 0.05) is 24.3 Å². The Bertz CT molecular complexity index is 466. The maximum absolute atomic E-state index is 6.26. The summed E-state index contributed by atoms with van der Waals surface area (Å²) in [5.74, 6) is 0.769. The number of halogens is 1. The molecule has 1 aromatic carbocycles. The highest BCUT2D eigenvalue weighted by atomic mass is 35.5. The fraction of sp³-hybridized carbons (Fsp3) is 0.625. The van der Waals surface area contributed by atoms with Crippen LogP contribution in [0.15, 0.2) is 18.2 Å². The van der Waals surface area contributed by atoms with Crippen molar-refractivity contribution in [2.45, 2.75) is 44.7 Å². The topological polar surface area (TPSA) is 24.5 Å². The average Bonchev–Trinajstić information content (AvgIpc) is 2.86. The van der Waals surface area contributed by atoms with Gasteiger partial charge in [-0.25, -0.2) is 0 Å². The van der Waals surface area contributed by atoms with Gasteiger partial charge in [0.25, 0.3) is 0 Å². The van der Waals surface area contributed by atoms with Crippen LogP contribution in [0.3, 0.4) is 0 Å². The number of hydrogen-bond donors (Lipinski definition) is 1. The molecule has 2 atom stereocenters. The Hall–Kier alpha value is -0.930. The zero-order valence-electron chi connectivity index (χ0n) is 12.1. The molecule has 1 N–H and O–H groups in total. The third kappa shape index (κ3) is 2.89. The standard InChI is InChI=1S/C16H23ClN2O/c1-2-20-16-7-6-12(11-13(16)17)18-14-8-10-19-9-4-3-5-15(14)19/h6-7,11,14-15,18H,2-5,8-10H2,1H3. The van der Waals surface area contributed by atoms with Crippen LogP contribution in [0.2, 0.25) is 5.02 Å². The van der Waals surface area contributed by atoms with E-state index in [0.717, 1.165) is 11.4 Å². The normalized spacial score (nSPS) is 26.3. The van der Waals surface area contributed by atoms with Gasteiger partial charge in [-0.05, 0) is 50.9 Å². The summed E-state index contributed by atoms with van der Waals surface area (Å²) in [6.07, 6.45) is 5.28. The summed E-state index contributed by atoms with van der Waals surface area (Å²) in [5, 5.41) is 4.36. The van der Waals surface area contributed by atoms with Gasteiger partial charge in [-0.15, -0.1) is 0 Å². The van der Waals surface area contributed by atoms with Gasteiger partial charge in [0.1, 0.15) is 5.75 Å². The second-order valence-electron chi connectivity index (χ2n) is 5.72. The monoisotopic (exact) mass is 294 g/mol. The van der Waals surface area contributed by atoms with Crippen molar-refractivity contribution < 1.29 is 4.74 Å². The molecular formula is C16H23ClN2O. The fourth-order valence-corrected chi connectivity index (χ4v) is 3.73. The minimum absolute atomic E-state index is 0.560. The Morgan fingerprint density at radius 2 is 2.20 bits per heavy atom. The van der Waals surface area contributed by atoms with E-state index in [1.54, 1.807) is 0 Å². The zero-order chi connectivity index (χ0) is 13.9. The van der Waals surface area contributed by atoms with Gasteiger partial charge in [0.15, 0.2) is 0 Å². The molecule has 2 heterocycles. The Labute approximate surface area is 126 Å². The molecule has 20 heavy (non-hydrogen) atoms. The predicted molar refractivity (Wildman–Crippen MR) is 83.9 cm³/mol. The highest BCUT2D eigenvalue weighted by molar-refractivity contribution is 6.32. The number of anilines is 1. The average molecular weight is 295 g/mol. The van der Waals surface area contributed by atoms with E-state index in [1.165, 1.54) is 38.8 Å². The van der Waals surface area contributed by atoms with Gasteiger partial charge >= 0.3 is 0 Å². The minimum atomic E-state index is 0.560. The van der Waals surface area contributed by atoms with Crippen molar-refractivity contribution in [3.63, 3.8) is 0 Å². The lowest BCUT2D eigenvalue weighted by Gasteiger charge is -2.33. The molecule has 3 nitrogen and oxygen atoms in total. The molecule has 0 aliphatic carbocycles. The summed E-state index contributed by atoms with van der Waals surface area (Å²) < 4.78 is 5.48. The Morgan fingerprint density at radius 3 is 3.00 bits per heavy atom. The van der Waals surface area contributed by atoms with Crippen LogP contribution in [0.4, 0.5) is 5.69 Å². The van der Waals surface area contributed by atoms with Crippen molar-refractivity contribution in [2.24, 2.45) is 0 Å². The zero-order valence-corrected chi connectivity index (χ0v) is 12.8. The summed E-state index contributed by atoms with van der Waals surface area (Å²) in [7, 11) is 0. The van der Waals surface area contributed by atoms with E-state index >= 15 is 0 Å². The van der Waals surface area contributed by atoms with E-state index in [4.69, 9.17) is 16.3 Å². The predicted octanol–water partition coefficient (Wildman–Crippen LogP) is 3.78. The molecule has 2 saturated heterocycles. The summed E-state index contributed by atoms with van der Waals surface area (Å²) >= 11 is 6.26. The van der Waals surface area contributed by atoms with Crippen LogP contribution in [0, 0.1) is 0 Å². The minimum Gasteiger partial charge on any atom is -0.492 e. The first-order valence-corrected chi connectivity index (χ1v) is 8.08. The van der Waals surface area contributed by atoms with Crippen LogP contribution >= 0.6 is 11.6 Å². The van der Waals surface area contributed by atoms with Gasteiger partial charge in [-0.1, -0.05) is 18.0 Å². The Morgan fingerprint density at radius 1 is 1.30 bits per heavy atom. The number of ether oxygens (including phenoxy) is 1. The van der Waals surface area contributed by atoms with Crippen LogP contribution in [-0.4, -0.2) is 36.7 Å². The lowest BCUT2D eigenvalue weighted by atomic mass is 9.99. The maximum Gasteiger partial charge on any atom is 0.138 e. The molecule has 0 saturated carbocycles. The first kappa shape index (κ1) is 14.0. The van der Waals surface area contributed by atoms with Crippen molar-refractivity contribution in [1.82, 2.24) is 4.90 Å². The highest BCUT2D eigenvalue weighted by Crippen LogP contribution is 2.32. The molecule has 0 radical (unpaired) electrons. The maximum atomic E-state index is 6.26. The van der Waals surface area contributed by atoms with Gasteiger partial charge in [0.2, 0.25) is 0 Å². The number of piperidine rings is 1. The quantitative estimate of drug-likeness (QED) is 0.915. The highest BCUT2D eigenvalue weighted by Gasteiger charge is 2.35. The van der Waals surface area contributed by atoms with Crippen molar-refractivity contribution in [1.29, 1.82) is 0 Å². The van der Waals surface area contributed by atoms with E-state index in [0.29, 0.717) is 23.7 Å². The Kier molecular flexibility index (Phi) is 4.37. The molecule has 2 aliphatic rings. The van der Waals surface area contributed by atoms with E-state index < -0.39 is 0 Å². The molecule has 2 aliphatic heterocycles. The van der Waals surface area contributed by atoms with Crippen molar-refractivity contribution in [3.05, 3.63) is 23.2 Å². The summed E-state index contributed by atoms with van der Waals surface area (Å²) in [4.78, 5) is 2.64. The summed E-state index contributed by atoms with van der Waals surface area (Å²) in [5.41, 5.74) is 1.11. The number of fused-ring (bicyclic) bond motifs is 1. The van der Waals surface area contributed by atoms with E-state index in [9.17, 15) is 0 Å². The first-order valence-electron chi connectivity index (χ1n) is 7.71. The molecule has 4 heteroatoms. The van der Waals surface area contributed by atoms with Gasteiger partial charge in [-0.3, -0.25) is 4.90 Å². The lowest BCUT2D eigenvalue weighted by Crippen LogP contribution is -2.41. The first-order chi connectivity index (χ1) is 9.78. The van der Waals surface area contributed by atoms with E-state index in [1.807, 2.05) is 19.1 Å². The molecule has 2 fully saturated rings. The van der Waals surface area contributed by atoms with Gasteiger partial charge in [-0.2, -0.15) is 0 Å². The molecular weight excluding hydrogens is 272 g/mol. The number of nitrogens with zero attached hydrogens (tertiary/aromatic N) is 1. The van der Waals surface area contributed by atoms with Crippen molar-refractivity contribution in [2.75, 3.05) is 25.0 Å². The smallest absolute Gasteiger partial charge is 0.138 e. The van der Waals surface area contributed by atoms with Crippen LogP contribution < -0.4 is 10.1 Å². The van der Waals surface area contributed by atoms with Crippen LogP contribution in [0.1, 0.15) is 32.6 Å². The molecule has 0 amide bonds. The largest absolute Gasteiger partial charge is 0.492 e. The number of hydrogen-bond acceptors (Lipinski definition) is 3. The lowest BCUT2D eigenvalue weighted by molar-refractivity contribution is 0.193. The third-order valence-corrected chi connectivity index (χ3v) is 4.74. The van der Waals surface area contributed by atoms with Crippen LogP contribution in [0.25, 0.3) is 0 Å². The van der Waals surface area contributed by atoms with Crippen molar-refractivity contribution >= 4 is 17.3 Å². The third-order valence-electron chi connectivity index (χ3n) is 4.44. The molecule has 0 spiro atoms. The Balaban J connectivity index is 1.67. The van der Waals surface area contributed by atoms with Crippen LogP contribution in [0.5, 0.6) is 5.75 Å². The SMILES string of the molecule is CCOc1ccc(NC2CCN3CCCCC23)cc1Cl. The number of benzene rings is 1. The summed E-state index contributed by atoms with van der Waals surface area (Å²) in [6.45, 7) is 5.12. The van der Waals surface area contributed by atoms with Gasteiger partial charge in [0.05, 0.1) is 11.6 Å². The molecule has 1 aromatic rings. The fourth-order valence-electron chi connectivity index (χ4n) is 3.49. The van der Waals surface area contributed by atoms with Crippen molar-refractivity contribution in [3.8, 4) is 5.75 Å². The molecule has 110 valence electrons. The second-order valence-corrected chi connectivity index (χ2v) is 6.12.